The smallest absolute Gasteiger partial charge is 0.264 e. The Hall–Kier alpha value is -2.90. The van der Waals surface area contributed by atoms with Gasteiger partial charge in [0.05, 0.1) is 11.1 Å². The van der Waals surface area contributed by atoms with Crippen molar-refractivity contribution in [3.63, 3.8) is 0 Å². The number of amides is 1. The highest BCUT2D eigenvalue weighted by atomic mass is 19.3. The molecule has 0 atom stereocenters. The molecule has 2 aromatic heterocycles. The molecule has 1 saturated carbocycles. The van der Waals surface area contributed by atoms with Crippen molar-refractivity contribution in [2.75, 3.05) is 5.32 Å². The summed E-state index contributed by atoms with van der Waals surface area (Å²) in [6, 6.07) is 5.52. The van der Waals surface area contributed by atoms with Crippen LogP contribution in [0.4, 0.5) is 18.9 Å². The Bertz CT molecular complexity index is 1070. The first-order valence-corrected chi connectivity index (χ1v) is 9.05. The third kappa shape index (κ3) is 3.46. The van der Waals surface area contributed by atoms with Gasteiger partial charge in [0.1, 0.15) is 12.4 Å². The van der Waals surface area contributed by atoms with Crippen molar-refractivity contribution >= 4 is 22.6 Å². The van der Waals surface area contributed by atoms with E-state index in [2.05, 4.69) is 15.4 Å². The molecule has 0 radical (unpaired) electrons. The standard InChI is InChI=1S/C20H19F3N4O/c1-10-7-13(21)5-6-15(10)24-17(28)9-27-20-18(11(2)26-27)14(19(22)23)8-16(25-20)12-3-4-12/h5-8,12,19H,3-4,9H2,1-2H3,(H,24,28). The molecule has 0 aliphatic heterocycles. The lowest BCUT2D eigenvalue weighted by Crippen LogP contribution is -2.20. The van der Waals surface area contributed by atoms with Crippen LogP contribution in [0.1, 0.15) is 47.7 Å². The van der Waals surface area contributed by atoms with Crippen LogP contribution in [0.15, 0.2) is 24.3 Å². The number of rotatable bonds is 5. The van der Waals surface area contributed by atoms with E-state index in [1.165, 1.54) is 28.9 Å². The van der Waals surface area contributed by atoms with Gasteiger partial charge >= 0.3 is 0 Å². The van der Waals surface area contributed by atoms with Crippen molar-refractivity contribution in [1.29, 1.82) is 0 Å². The molecule has 0 unspecified atom stereocenters. The Morgan fingerprint density at radius 2 is 2.04 bits per heavy atom. The number of carbonyl (C=O) groups excluding carboxylic acids is 1. The second-order valence-electron chi connectivity index (χ2n) is 7.16. The molecule has 1 N–H and O–H groups in total. The minimum atomic E-state index is -2.64. The van der Waals surface area contributed by atoms with Crippen LogP contribution < -0.4 is 5.32 Å². The molecular formula is C20H19F3N4O. The van der Waals surface area contributed by atoms with Gasteiger partial charge in [-0.3, -0.25) is 4.79 Å². The first-order chi connectivity index (χ1) is 13.3. The van der Waals surface area contributed by atoms with Gasteiger partial charge in [-0.25, -0.2) is 22.8 Å². The van der Waals surface area contributed by atoms with E-state index in [0.717, 1.165) is 12.8 Å². The molecule has 1 amide bonds. The van der Waals surface area contributed by atoms with Crippen molar-refractivity contribution in [2.45, 2.75) is 45.6 Å². The van der Waals surface area contributed by atoms with Crippen LogP contribution in [-0.2, 0) is 11.3 Å². The molecule has 1 fully saturated rings. The van der Waals surface area contributed by atoms with Gasteiger partial charge in [-0.05, 0) is 56.5 Å². The van der Waals surface area contributed by atoms with Crippen molar-refractivity contribution in [3.05, 3.63) is 52.6 Å². The van der Waals surface area contributed by atoms with Crippen LogP contribution in [0.3, 0.4) is 0 Å². The van der Waals surface area contributed by atoms with Gasteiger partial charge in [0, 0.05) is 22.9 Å². The normalized spacial score (nSPS) is 14.1. The predicted molar refractivity (Wildman–Crippen MR) is 99.0 cm³/mol. The maximum absolute atomic E-state index is 13.6. The van der Waals surface area contributed by atoms with Crippen molar-refractivity contribution in [2.24, 2.45) is 0 Å². The molecule has 0 spiro atoms. The summed E-state index contributed by atoms with van der Waals surface area (Å²) in [6.07, 6.45) is -0.785. The van der Waals surface area contributed by atoms with E-state index >= 15 is 0 Å². The number of alkyl halides is 2. The number of fused-ring (bicyclic) bond motifs is 1. The first-order valence-electron chi connectivity index (χ1n) is 9.05. The van der Waals surface area contributed by atoms with Crippen LogP contribution in [0.5, 0.6) is 0 Å². The summed E-state index contributed by atoms with van der Waals surface area (Å²) in [5.74, 6) is -0.585. The van der Waals surface area contributed by atoms with E-state index in [9.17, 15) is 18.0 Å². The molecule has 146 valence electrons. The molecule has 2 heterocycles. The molecule has 1 aliphatic carbocycles. The van der Waals surface area contributed by atoms with Gasteiger partial charge in [-0.15, -0.1) is 0 Å². The zero-order valence-corrected chi connectivity index (χ0v) is 15.5. The number of aromatic nitrogens is 3. The summed E-state index contributed by atoms with van der Waals surface area (Å²) in [7, 11) is 0. The highest BCUT2D eigenvalue weighted by Crippen LogP contribution is 2.41. The lowest BCUT2D eigenvalue weighted by molar-refractivity contribution is -0.116. The van der Waals surface area contributed by atoms with Gasteiger partial charge in [-0.2, -0.15) is 5.10 Å². The minimum Gasteiger partial charge on any atom is -0.324 e. The molecule has 8 heteroatoms. The highest BCUT2D eigenvalue weighted by molar-refractivity contribution is 5.92. The van der Waals surface area contributed by atoms with Gasteiger partial charge in [-0.1, -0.05) is 0 Å². The number of nitrogens with zero attached hydrogens (tertiary/aromatic N) is 3. The molecule has 4 rings (SSSR count). The number of aryl methyl sites for hydroxylation is 2. The van der Waals surface area contributed by atoms with E-state index in [0.29, 0.717) is 33.7 Å². The van der Waals surface area contributed by atoms with E-state index in [4.69, 9.17) is 0 Å². The number of pyridine rings is 1. The molecule has 28 heavy (non-hydrogen) atoms. The van der Waals surface area contributed by atoms with Crippen molar-refractivity contribution < 1.29 is 18.0 Å². The number of hydrogen-bond donors (Lipinski definition) is 1. The number of anilines is 1. The summed E-state index contributed by atoms with van der Waals surface area (Å²) < 4.78 is 41.8. The third-order valence-electron chi connectivity index (χ3n) is 4.91. The summed E-state index contributed by atoms with van der Waals surface area (Å²) in [6.45, 7) is 3.14. The first kappa shape index (κ1) is 18.5. The van der Waals surface area contributed by atoms with E-state index in [-0.39, 0.29) is 23.8 Å². The average Bonchev–Trinajstić information content (AvgIpc) is 3.43. The number of benzene rings is 1. The topological polar surface area (TPSA) is 59.8 Å². The second kappa shape index (κ2) is 6.92. The number of halogens is 3. The Morgan fingerprint density at radius 1 is 1.29 bits per heavy atom. The van der Waals surface area contributed by atoms with Crippen LogP contribution in [0, 0.1) is 19.7 Å². The SMILES string of the molecule is Cc1cc(F)ccc1NC(=O)Cn1nc(C)c2c(C(F)F)cc(C3CC3)nc21. The van der Waals surface area contributed by atoms with Gasteiger partial charge in [0.2, 0.25) is 5.91 Å². The predicted octanol–water partition coefficient (Wildman–Crippen LogP) is 4.64. The minimum absolute atomic E-state index is 0.0922. The molecule has 5 nitrogen and oxygen atoms in total. The van der Waals surface area contributed by atoms with Crippen LogP contribution >= 0.6 is 0 Å². The van der Waals surface area contributed by atoms with Crippen LogP contribution in [-0.4, -0.2) is 20.7 Å². The summed E-state index contributed by atoms with van der Waals surface area (Å²) >= 11 is 0. The third-order valence-corrected chi connectivity index (χ3v) is 4.91. The van der Waals surface area contributed by atoms with Crippen molar-refractivity contribution in [3.8, 4) is 0 Å². The quantitative estimate of drug-likeness (QED) is 0.693. The summed E-state index contributed by atoms with van der Waals surface area (Å²) in [5, 5.41) is 7.27. The lowest BCUT2D eigenvalue weighted by Gasteiger charge is -2.10. The largest absolute Gasteiger partial charge is 0.324 e. The van der Waals surface area contributed by atoms with Gasteiger partial charge in [0.25, 0.3) is 6.43 Å². The summed E-state index contributed by atoms with van der Waals surface area (Å²) in [5.41, 5.74) is 2.31. The average molecular weight is 388 g/mol. The zero-order chi connectivity index (χ0) is 20.0. The van der Waals surface area contributed by atoms with Crippen LogP contribution in [0.25, 0.3) is 11.0 Å². The summed E-state index contributed by atoms with van der Waals surface area (Å²) in [4.78, 5) is 17.0. The molecule has 0 bridgehead atoms. The Morgan fingerprint density at radius 3 is 2.68 bits per heavy atom. The second-order valence-corrected chi connectivity index (χ2v) is 7.16. The van der Waals surface area contributed by atoms with E-state index in [1.807, 2.05) is 0 Å². The molecule has 3 aromatic rings. The molecule has 1 aromatic carbocycles. The van der Waals surface area contributed by atoms with E-state index in [1.54, 1.807) is 13.8 Å². The van der Waals surface area contributed by atoms with Gasteiger partial charge < -0.3 is 5.32 Å². The molecular weight excluding hydrogens is 369 g/mol. The highest BCUT2D eigenvalue weighted by Gasteiger charge is 2.29. The van der Waals surface area contributed by atoms with E-state index < -0.39 is 12.3 Å². The molecule has 1 aliphatic rings. The van der Waals surface area contributed by atoms with Crippen LogP contribution in [0.2, 0.25) is 0 Å². The Balaban J connectivity index is 1.67. The lowest BCUT2D eigenvalue weighted by atomic mass is 10.1. The maximum Gasteiger partial charge on any atom is 0.264 e. The fraction of sp³-hybridized carbons (Fsp3) is 0.350. The Labute approximate surface area is 159 Å². The number of nitrogens with one attached hydrogen (secondary N) is 1. The zero-order valence-electron chi connectivity index (χ0n) is 15.5. The number of carbonyl (C=O) groups is 1. The monoisotopic (exact) mass is 388 g/mol. The van der Waals surface area contributed by atoms with Gasteiger partial charge in [0.15, 0.2) is 5.65 Å². The fourth-order valence-electron chi connectivity index (χ4n) is 3.37. The maximum atomic E-state index is 13.6. The molecule has 0 saturated heterocycles. The Kier molecular flexibility index (Phi) is 4.56. The number of hydrogen-bond acceptors (Lipinski definition) is 3. The fourth-order valence-corrected chi connectivity index (χ4v) is 3.37. The van der Waals surface area contributed by atoms with Crippen molar-refractivity contribution in [1.82, 2.24) is 14.8 Å².